The Kier molecular flexibility index (Phi) is 3.46. The lowest BCUT2D eigenvalue weighted by Crippen LogP contribution is -2.16. The summed E-state index contributed by atoms with van der Waals surface area (Å²) in [6, 6.07) is 3.58. The van der Waals surface area contributed by atoms with E-state index in [1.807, 2.05) is 6.92 Å². The SMILES string of the molecule is CC(Br)(CBr)c1ccc(F)cc1F. The number of halogens is 4. The number of alkyl halides is 2. The van der Waals surface area contributed by atoms with Gasteiger partial charge < -0.3 is 0 Å². The molecule has 0 bridgehead atoms. The lowest BCUT2D eigenvalue weighted by molar-refractivity contribution is 0.561. The molecule has 0 spiro atoms. The molecule has 0 saturated heterocycles. The van der Waals surface area contributed by atoms with Crippen LogP contribution in [-0.2, 0) is 4.32 Å². The van der Waals surface area contributed by atoms with Crippen molar-refractivity contribution in [1.29, 1.82) is 0 Å². The average Bonchev–Trinajstić information content (AvgIpc) is 2.03. The first kappa shape index (κ1) is 11.1. The van der Waals surface area contributed by atoms with E-state index in [9.17, 15) is 8.78 Å². The van der Waals surface area contributed by atoms with Gasteiger partial charge in [0.25, 0.3) is 0 Å². The second-order valence-electron chi connectivity index (χ2n) is 2.96. The molecule has 0 N–H and O–H groups in total. The summed E-state index contributed by atoms with van der Waals surface area (Å²) in [5.41, 5.74) is 0.450. The zero-order valence-electron chi connectivity index (χ0n) is 6.95. The van der Waals surface area contributed by atoms with Gasteiger partial charge in [0.2, 0.25) is 0 Å². The van der Waals surface area contributed by atoms with Crippen molar-refractivity contribution in [3.8, 4) is 0 Å². The maximum absolute atomic E-state index is 13.2. The smallest absolute Gasteiger partial charge is 0.130 e. The maximum atomic E-state index is 13.2. The second-order valence-corrected chi connectivity index (χ2v) is 5.27. The van der Waals surface area contributed by atoms with Crippen LogP contribution >= 0.6 is 31.9 Å². The molecule has 0 fully saturated rings. The molecule has 0 aromatic heterocycles. The molecule has 0 amide bonds. The third kappa shape index (κ3) is 2.50. The molecular formula is C9H8Br2F2. The molecule has 1 unspecified atom stereocenters. The van der Waals surface area contributed by atoms with Gasteiger partial charge in [0.15, 0.2) is 0 Å². The van der Waals surface area contributed by atoms with Crippen molar-refractivity contribution in [3.05, 3.63) is 35.4 Å². The van der Waals surface area contributed by atoms with E-state index in [0.29, 0.717) is 10.9 Å². The van der Waals surface area contributed by atoms with Gasteiger partial charge in [-0.2, -0.15) is 0 Å². The predicted octanol–water partition coefficient (Wildman–Crippen LogP) is 3.97. The van der Waals surface area contributed by atoms with Crippen LogP contribution in [0.1, 0.15) is 12.5 Å². The Bertz CT molecular complexity index is 310. The van der Waals surface area contributed by atoms with Crippen LogP contribution in [0, 0.1) is 11.6 Å². The van der Waals surface area contributed by atoms with Gasteiger partial charge in [-0.25, -0.2) is 8.78 Å². The molecule has 0 aliphatic carbocycles. The summed E-state index contributed by atoms with van der Waals surface area (Å²) in [7, 11) is 0. The van der Waals surface area contributed by atoms with Crippen molar-refractivity contribution >= 4 is 31.9 Å². The van der Waals surface area contributed by atoms with E-state index in [-0.39, 0.29) is 0 Å². The summed E-state index contributed by atoms with van der Waals surface area (Å²) in [5.74, 6) is -1.09. The number of benzene rings is 1. The fourth-order valence-corrected chi connectivity index (χ4v) is 1.61. The van der Waals surface area contributed by atoms with Gasteiger partial charge in [0.05, 0.1) is 4.32 Å². The van der Waals surface area contributed by atoms with Gasteiger partial charge in [-0.1, -0.05) is 37.9 Å². The van der Waals surface area contributed by atoms with Crippen LogP contribution in [0.5, 0.6) is 0 Å². The molecule has 0 nitrogen and oxygen atoms in total. The summed E-state index contributed by atoms with van der Waals surface area (Å²) >= 11 is 6.61. The van der Waals surface area contributed by atoms with E-state index < -0.39 is 16.0 Å². The molecule has 13 heavy (non-hydrogen) atoms. The van der Waals surface area contributed by atoms with Crippen molar-refractivity contribution in [3.63, 3.8) is 0 Å². The molecule has 1 aromatic carbocycles. The van der Waals surface area contributed by atoms with Gasteiger partial charge in [-0.3, -0.25) is 0 Å². The van der Waals surface area contributed by atoms with Crippen molar-refractivity contribution in [2.45, 2.75) is 11.2 Å². The molecule has 0 aliphatic heterocycles. The maximum Gasteiger partial charge on any atom is 0.130 e. The van der Waals surface area contributed by atoms with Crippen LogP contribution in [0.25, 0.3) is 0 Å². The molecule has 4 heteroatoms. The van der Waals surface area contributed by atoms with Crippen LogP contribution < -0.4 is 0 Å². The fraction of sp³-hybridized carbons (Fsp3) is 0.333. The highest BCUT2D eigenvalue weighted by molar-refractivity contribution is 9.12. The quantitative estimate of drug-likeness (QED) is 0.725. The first-order valence-corrected chi connectivity index (χ1v) is 5.59. The predicted molar refractivity (Wildman–Crippen MR) is 56.4 cm³/mol. The number of rotatable bonds is 2. The number of hydrogen-bond donors (Lipinski definition) is 0. The van der Waals surface area contributed by atoms with Gasteiger partial charge in [0, 0.05) is 17.0 Å². The Labute approximate surface area is 92.6 Å². The van der Waals surface area contributed by atoms with Crippen molar-refractivity contribution in [2.75, 3.05) is 5.33 Å². The van der Waals surface area contributed by atoms with Crippen LogP contribution in [0.4, 0.5) is 8.78 Å². The minimum Gasteiger partial charge on any atom is -0.207 e. The lowest BCUT2D eigenvalue weighted by Gasteiger charge is -2.20. The zero-order valence-corrected chi connectivity index (χ0v) is 10.1. The Hall–Kier alpha value is 0.0400. The first-order chi connectivity index (χ1) is 5.97. The summed E-state index contributed by atoms with van der Waals surface area (Å²) in [5, 5.41) is 0.558. The molecule has 1 rings (SSSR count). The standard InChI is InChI=1S/C9H8Br2F2/c1-9(11,5-10)7-3-2-6(12)4-8(7)13/h2-4H,5H2,1H3. The normalized spacial score (nSPS) is 15.5. The van der Waals surface area contributed by atoms with Crippen molar-refractivity contribution in [2.24, 2.45) is 0 Å². The highest BCUT2D eigenvalue weighted by atomic mass is 79.9. The van der Waals surface area contributed by atoms with Crippen LogP contribution in [0.15, 0.2) is 18.2 Å². The van der Waals surface area contributed by atoms with Crippen molar-refractivity contribution < 1.29 is 8.78 Å². The molecule has 1 aromatic rings. The molecular weight excluding hydrogens is 306 g/mol. The summed E-state index contributed by atoms with van der Waals surface area (Å²) in [4.78, 5) is 0. The average molecular weight is 314 g/mol. The van der Waals surface area contributed by atoms with Gasteiger partial charge in [0.1, 0.15) is 11.6 Å². The van der Waals surface area contributed by atoms with E-state index in [2.05, 4.69) is 31.9 Å². The lowest BCUT2D eigenvalue weighted by atomic mass is 10.0. The highest BCUT2D eigenvalue weighted by Gasteiger charge is 2.24. The van der Waals surface area contributed by atoms with Crippen molar-refractivity contribution in [1.82, 2.24) is 0 Å². The summed E-state index contributed by atoms with van der Waals surface area (Å²) in [6.45, 7) is 1.82. The number of hydrogen-bond acceptors (Lipinski definition) is 0. The Balaban J connectivity index is 3.16. The Morgan fingerprint density at radius 2 is 2.00 bits per heavy atom. The van der Waals surface area contributed by atoms with E-state index in [1.165, 1.54) is 12.1 Å². The second kappa shape index (κ2) is 4.05. The molecule has 0 saturated carbocycles. The minimum atomic E-state index is -0.556. The topological polar surface area (TPSA) is 0 Å². The van der Waals surface area contributed by atoms with Gasteiger partial charge >= 0.3 is 0 Å². The Morgan fingerprint density at radius 1 is 1.38 bits per heavy atom. The molecule has 0 heterocycles. The third-order valence-electron chi connectivity index (χ3n) is 1.74. The van der Waals surface area contributed by atoms with Gasteiger partial charge in [-0.15, -0.1) is 0 Å². The van der Waals surface area contributed by atoms with E-state index in [0.717, 1.165) is 6.07 Å². The van der Waals surface area contributed by atoms with Crippen LogP contribution in [0.2, 0.25) is 0 Å². The molecule has 72 valence electrons. The molecule has 1 atom stereocenters. The van der Waals surface area contributed by atoms with Crippen LogP contribution in [-0.4, -0.2) is 5.33 Å². The largest absolute Gasteiger partial charge is 0.207 e. The molecule has 0 aliphatic rings. The summed E-state index contributed by atoms with van der Waals surface area (Å²) in [6.07, 6.45) is 0. The monoisotopic (exact) mass is 312 g/mol. The third-order valence-corrected chi connectivity index (χ3v) is 4.33. The van der Waals surface area contributed by atoms with E-state index >= 15 is 0 Å². The highest BCUT2D eigenvalue weighted by Crippen LogP contribution is 2.34. The van der Waals surface area contributed by atoms with E-state index in [1.54, 1.807) is 0 Å². The molecule has 0 radical (unpaired) electrons. The zero-order chi connectivity index (χ0) is 10.1. The summed E-state index contributed by atoms with van der Waals surface area (Å²) < 4.78 is 25.3. The minimum absolute atomic E-state index is 0.450. The van der Waals surface area contributed by atoms with Gasteiger partial charge in [-0.05, 0) is 13.0 Å². The van der Waals surface area contributed by atoms with Crippen LogP contribution in [0.3, 0.4) is 0 Å². The fourth-order valence-electron chi connectivity index (χ4n) is 0.984. The first-order valence-electron chi connectivity index (χ1n) is 3.68. The Morgan fingerprint density at radius 3 is 2.46 bits per heavy atom. The van der Waals surface area contributed by atoms with E-state index in [4.69, 9.17) is 0 Å².